The molecule has 0 saturated heterocycles. The predicted molar refractivity (Wildman–Crippen MR) is 146 cm³/mol. The van der Waals surface area contributed by atoms with Crippen LogP contribution in [0.2, 0.25) is 0 Å². The van der Waals surface area contributed by atoms with Crippen molar-refractivity contribution >= 4 is 6.02 Å². The van der Waals surface area contributed by atoms with Crippen molar-refractivity contribution in [3.05, 3.63) is 83.2 Å². The second-order valence-corrected chi connectivity index (χ2v) is 9.38. The average Bonchev–Trinajstić information content (AvgIpc) is 3.00. The quantitative estimate of drug-likeness (QED) is 0.361. The number of hydrogen-bond acceptors (Lipinski definition) is 8. The van der Waals surface area contributed by atoms with Crippen LogP contribution in [0.5, 0.6) is 23.0 Å². The number of methoxy groups -OCH3 is 4. The molecule has 2 atom stereocenters. The monoisotopic (exact) mass is 556 g/mol. The van der Waals surface area contributed by atoms with Gasteiger partial charge < -0.3 is 33.7 Å². The Morgan fingerprint density at radius 1 is 0.900 bits per heavy atom. The third-order valence-electron chi connectivity index (χ3n) is 6.93. The van der Waals surface area contributed by atoms with Gasteiger partial charge in [0, 0.05) is 35.2 Å². The summed E-state index contributed by atoms with van der Waals surface area (Å²) in [6, 6.07) is 16.8. The summed E-state index contributed by atoms with van der Waals surface area (Å²) in [5.74, 6) is 1.78. The maximum absolute atomic E-state index is 15.0. The summed E-state index contributed by atoms with van der Waals surface area (Å²) in [7, 11) is 6.24. The van der Waals surface area contributed by atoms with Crippen LogP contribution in [0.3, 0.4) is 0 Å². The smallest absolute Gasteiger partial charge is 0.289 e. The molecule has 214 valence electrons. The Morgan fingerprint density at radius 3 is 1.95 bits per heavy atom. The predicted octanol–water partition coefficient (Wildman–Crippen LogP) is 4.86. The van der Waals surface area contributed by atoms with Crippen LogP contribution in [0.15, 0.2) is 65.7 Å². The summed E-state index contributed by atoms with van der Waals surface area (Å²) in [5, 5.41) is 10.1. The Balaban J connectivity index is 1.84. The van der Waals surface area contributed by atoms with Gasteiger partial charge in [0.15, 0.2) is 0 Å². The van der Waals surface area contributed by atoms with Crippen molar-refractivity contribution in [3.63, 3.8) is 0 Å². The van der Waals surface area contributed by atoms with Gasteiger partial charge in [0.2, 0.25) is 0 Å². The molecule has 1 heterocycles. The van der Waals surface area contributed by atoms with E-state index in [4.69, 9.17) is 28.7 Å². The normalized spacial score (nSPS) is 18.4. The van der Waals surface area contributed by atoms with Crippen LogP contribution in [0.25, 0.3) is 0 Å². The van der Waals surface area contributed by atoms with Crippen molar-refractivity contribution in [1.29, 1.82) is 0 Å². The van der Waals surface area contributed by atoms with Gasteiger partial charge in [0.25, 0.3) is 6.02 Å². The number of aliphatic hydroxyl groups excluding tert-OH is 1. The molecule has 40 heavy (non-hydrogen) atoms. The van der Waals surface area contributed by atoms with Gasteiger partial charge in [-0.1, -0.05) is 18.2 Å². The molecule has 1 aliphatic heterocycles. The van der Waals surface area contributed by atoms with Gasteiger partial charge in [-0.05, 0) is 30.3 Å². The minimum atomic E-state index is -1.58. The molecule has 0 saturated carbocycles. The zero-order valence-electron chi connectivity index (χ0n) is 23.0. The summed E-state index contributed by atoms with van der Waals surface area (Å²) < 4.78 is 57.9. The zero-order valence-corrected chi connectivity index (χ0v) is 23.0. The van der Waals surface area contributed by atoms with E-state index in [1.54, 1.807) is 63.7 Å². The van der Waals surface area contributed by atoms with Gasteiger partial charge in [-0.25, -0.2) is 13.8 Å². The van der Waals surface area contributed by atoms with E-state index in [2.05, 4.69) is 0 Å². The van der Waals surface area contributed by atoms with Crippen LogP contribution in [0.1, 0.15) is 23.1 Å². The molecular formula is C30H34F2N2O6. The van der Waals surface area contributed by atoms with E-state index in [0.29, 0.717) is 23.0 Å². The van der Waals surface area contributed by atoms with Gasteiger partial charge >= 0.3 is 0 Å². The SMILES string of the molecule is COc1ccc(CN(Cc2ccc(OC)cc2OC)C2=N[C@](CF)(c3ccccc3F)C[C@@H](CO)O2)c(OC)c1. The van der Waals surface area contributed by atoms with Crippen molar-refractivity contribution < 1.29 is 37.6 Å². The lowest BCUT2D eigenvalue weighted by Crippen LogP contribution is -2.46. The van der Waals surface area contributed by atoms with Crippen molar-refractivity contribution in [3.8, 4) is 23.0 Å². The molecule has 0 unspecified atom stereocenters. The molecule has 4 rings (SSSR count). The number of rotatable bonds is 11. The Morgan fingerprint density at radius 2 is 1.48 bits per heavy atom. The minimum Gasteiger partial charge on any atom is -0.497 e. The van der Waals surface area contributed by atoms with Gasteiger partial charge in [-0.3, -0.25) is 0 Å². The fourth-order valence-corrected chi connectivity index (χ4v) is 4.80. The van der Waals surface area contributed by atoms with Crippen LogP contribution in [-0.2, 0) is 23.4 Å². The van der Waals surface area contributed by atoms with Crippen molar-refractivity contribution in [2.75, 3.05) is 41.7 Å². The van der Waals surface area contributed by atoms with Crippen LogP contribution in [0.4, 0.5) is 8.78 Å². The lowest BCUT2D eigenvalue weighted by Gasteiger charge is -2.39. The molecule has 0 aromatic heterocycles. The Kier molecular flexibility index (Phi) is 9.31. The van der Waals surface area contributed by atoms with E-state index in [0.717, 1.165) is 11.1 Å². The van der Waals surface area contributed by atoms with Crippen LogP contribution < -0.4 is 18.9 Å². The summed E-state index contributed by atoms with van der Waals surface area (Å²) in [4.78, 5) is 6.47. The lowest BCUT2D eigenvalue weighted by atomic mass is 9.85. The maximum atomic E-state index is 15.0. The highest BCUT2D eigenvalue weighted by Gasteiger charge is 2.43. The first-order valence-corrected chi connectivity index (χ1v) is 12.7. The number of ether oxygens (including phenoxy) is 5. The molecule has 1 N–H and O–H groups in total. The van der Waals surface area contributed by atoms with Crippen LogP contribution in [-0.4, -0.2) is 63.9 Å². The third-order valence-corrected chi connectivity index (χ3v) is 6.93. The van der Waals surface area contributed by atoms with Crippen LogP contribution in [0, 0.1) is 5.82 Å². The number of halogens is 2. The van der Waals surface area contributed by atoms with Crippen LogP contribution >= 0.6 is 0 Å². The first-order valence-electron chi connectivity index (χ1n) is 12.7. The maximum Gasteiger partial charge on any atom is 0.289 e. The van der Waals surface area contributed by atoms with Gasteiger partial charge in [0.1, 0.15) is 47.1 Å². The molecule has 0 fully saturated rings. The molecule has 1 aliphatic rings. The lowest BCUT2D eigenvalue weighted by molar-refractivity contribution is 0.0314. The topological polar surface area (TPSA) is 82.0 Å². The Hall–Kier alpha value is -4.05. The first kappa shape index (κ1) is 28.9. The van der Waals surface area contributed by atoms with Crippen molar-refractivity contribution in [1.82, 2.24) is 4.90 Å². The second kappa shape index (κ2) is 12.9. The molecule has 10 heteroatoms. The third kappa shape index (κ3) is 6.07. The van der Waals surface area contributed by atoms with E-state index in [9.17, 15) is 13.9 Å². The Labute approximate surface area is 232 Å². The number of alkyl halides is 1. The molecule has 8 nitrogen and oxygen atoms in total. The molecule has 0 radical (unpaired) electrons. The van der Waals surface area contributed by atoms with E-state index in [1.807, 2.05) is 12.1 Å². The van der Waals surface area contributed by atoms with Gasteiger partial charge in [0.05, 0.1) is 48.1 Å². The zero-order chi connectivity index (χ0) is 28.7. The first-order chi connectivity index (χ1) is 19.4. The molecule has 0 spiro atoms. The summed E-state index contributed by atoms with van der Waals surface area (Å²) in [6.07, 6.45) is -0.850. The molecule has 0 amide bonds. The largest absolute Gasteiger partial charge is 0.497 e. The number of nitrogens with zero attached hydrogens (tertiary/aromatic N) is 2. The highest BCUT2D eigenvalue weighted by Crippen LogP contribution is 2.39. The highest BCUT2D eigenvalue weighted by atomic mass is 19.1. The van der Waals surface area contributed by atoms with E-state index in [1.165, 1.54) is 18.2 Å². The van der Waals surface area contributed by atoms with Gasteiger partial charge in [-0.2, -0.15) is 0 Å². The number of aliphatic imine (C=N–C) groups is 1. The molecule has 0 aliphatic carbocycles. The van der Waals surface area contributed by atoms with E-state index in [-0.39, 0.29) is 31.1 Å². The van der Waals surface area contributed by atoms with Gasteiger partial charge in [-0.15, -0.1) is 0 Å². The number of aliphatic hydroxyl groups is 1. The van der Waals surface area contributed by atoms with Crippen molar-refractivity contribution in [2.24, 2.45) is 4.99 Å². The molecule has 3 aromatic rings. The summed E-state index contributed by atoms with van der Waals surface area (Å²) in [5.41, 5.74) is 0.0501. The minimum absolute atomic E-state index is 0.0318. The number of hydrogen-bond donors (Lipinski definition) is 1. The molecular weight excluding hydrogens is 522 g/mol. The Bertz CT molecular complexity index is 1280. The second-order valence-electron chi connectivity index (χ2n) is 9.38. The number of benzene rings is 3. The fourth-order valence-electron chi connectivity index (χ4n) is 4.80. The highest BCUT2D eigenvalue weighted by molar-refractivity contribution is 5.76. The fraction of sp³-hybridized carbons (Fsp3) is 0.367. The summed E-state index contributed by atoms with van der Waals surface area (Å²) >= 11 is 0. The number of amidine groups is 1. The standard InChI is InChI=1S/C30H34F2N2O6/c1-36-22-11-9-20(27(13-22)38-3)16-34(17-21-10-12-23(37-2)14-28(21)39-4)29-33-30(19-31,15-24(18-35)40-29)25-7-5-6-8-26(25)32/h5-14,24,35H,15-19H2,1-4H3/t24-,30+/m0/s1. The molecule has 3 aromatic carbocycles. The van der Waals surface area contributed by atoms with Crippen molar-refractivity contribution in [2.45, 2.75) is 31.2 Å². The van der Waals surface area contributed by atoms with E-state index >= 15 is 0 Å². The van der Waals surface area contributed by atoms with E-state index < -0.39 is 30.7 Å². The summed E-state index contributed by atoms with van der Waals surface area (Å²) in [6.45, 7) is -0.943. The molecule has 0 bridgehead atoms. The average molecular weight is 557 g/mol.